The van der Waals surface area contributed by atoms with Crippen LogP contribution in [-0.4, -0.2) is 23.8 Å². The van der Waals surface area contributed by atoms with Crippen molar-refractivity contribution in [2.75, 3.05) is 13.7 Å². The van der Waals surface area contributed by atoms with Gasteiger partial charge in [0, 0.05) is 6.42 Å². The average molecular weight is 303 g/mol. The summed E-state index contributed by atoms with van der Waals surface area (Å²) in [6.45, 7) is 4.61. The zero-order chi connectivity index (χ0) is 15.8. The predicted octanol–water partition coefficient (Wildman–Crippen LogP) is 3.05. The molecule has 0 amide bonds. The molecule has 118 valence electrons. The lowest BCUT2D eigenvalue weighted by Crippen LogP contribution is -2.01. The third kappa shape index (κ3) is 4.72. The van der Waals surface area contributed by atoms with E-state index in [1.807, 2.05) is 24.3 Å². The van der Waals surface area contributed by atoms with Crippen molar-refractivity contribution in [2.24, 2.45) is 0 Å². The summed E-state index contributed by atoms with van der Waals surface area (Å²) in [6, 6.07) is 7.74. The number of ether oxygens (including phenoxy) is 2. The number of oxazole rings is 1. The highest BCUT2D eigenvalue weighted by Crippen LogP contribution is 2.16. The molecule has 0 saturated carbocycles. The largest absolute Gasteiger partial charge is 0.497 e. The monoisotopic (exact) mass is 303 g/mol. The van der Waals surface area contributed by atoms with Gasteiger partial charge in [-0.05, 0) is 24.1 Å². The molecule has 0 bridgehead atoms. The van der Waals surface area contributed by atoms with Gasteiger partial charge in [-0.25, -0.2) is 4.98 Å². The van der Waals surface area contributed by atoms with Crippen molar-refractivity contribution in [3.63, 3.8) is 0 Å². The molecule has 0 unspecified atom stereocenters. The first kappa shape index (κ1) is 16.3. The lowest BCUT2D eigenvalue weighted by atomic mass is 10.2. The Morgan fingerprint density at radius 2 is 2.14 bits per heavy atom. The molecule has 1 aromatic carbocycles. The Kier molecular flexibility index (Phi) is 6.18. The maximum absolute atomic E-state index is 9.76. The molecular weight excluding hydrogens is 282 g/mol. The summed E-state index contributed by atoms with van der Waals surface area (Å²) in [7, 11) is 1.64. The predicted molar refractivity (Wildman–Crippen MR) is 82.6 cm³/mol. The van der Waals surface area contributed by atoms with E-state index in [4.69, 9.17) is 13.9 Å². The van der Waals surface area contributed by atoms with Crippen LogP contribution in [0.25, 0.3) is 0 Å². The molecule has 2 aromatic rings. The van der Waals surface area contributed by atoms with E-state index in [2.05, 4.69) is 11.6 Å². The molecule has 1 aromatic heterocycles. The number of aliphatic hydroxyl groups is 1. The van der Waals surface area contributed by atoms with Crippen LogP contribution in [0.15, 0.2) is 47.6 Å². The molecule has 0 spiro atoms. The van der Waals surface area contributed by atoms with E-state index >= 15 is 0 Å². The van der Waals surface area contributed by atoms with Crippen LogP contribution in [0.2, 0.25) is 0 Å². The van der Waals surface area contributed by atoms with E-state index < -0.39 is 6.10 Å². The SMILES string of the molecule is C=CC[C@H](O)c1coc(CCOCc2ccc(OC)cc2)n1. The Balaban J connectivity index is 1.73. The molecule has 0 aliphatic heterocycles. The zero-order valence-corrected chi connectivity index (χ0v) is 12.7. The van der Waals surface area contributed by atoms with Gasteiger partial charge in [-0.15, -0.1) is 6.58 Å². The Hall–Kier alpha value is -2.11. The van der Waals surface area contributed by atoms with Crippen LogP contribution < -0.4 is 4.74 Å². The first-order valence-electron chi connectivity index (χ1n) is 7.17. The van der Waals surface area contributed by atoms with Crippen molar-refractivity contribution in [1.29, 1.82) is 0 Å². The quantitative estimate of drug-likeness (QED) is 0.570. The van der Waals surface area contributed by atoms with Gasteiger partial charge in [-0.2, -0.15) is 0 Å². The molecule has 1 heterocycles. The Labute approximate surface area is 130 Å². The summed E-state index contributed by atoms with van der Waals surface area (Å²) in [4.78, 5) is 4.24. The first-order chi connectivity index (χ1) is 10.7. The molecule has 2 rings (SSSR count). The highest BCUT2D eigenvalue weighted by molar-refractivity contribution is 5.26. The summed E-state index contributed by atoms with van der Waals surface area (Å²) in [5.74, 6) is 1.39. The molecule has 22 heavy (non-hydrogen) atoms. The van der Waals surface area contributed by atoms with E-state index in [0.29, 0.717) is 37.6 Å². The van der Waals surface area contributed by atoms with Gasteiger partial charge in [0.15, 0.2) is 5.89 Å². The van der Waals surface area contributed by atoms with Gasteiger partial charge in [0.1, 0.15) is 23.8 Å². The fourth-order valence-corrected chi connectivity index (χ4v) is 1.94. The van der Waals surface area contributed by atoms with Gasteiger partial charge < -0.3 is 19.0 Å². The highest BCUT2D eigenvalue weighted by atomic mass is 16.5. The standard InChI is InChI=1S/C17H21NO4/c1-3-4-16(19)15-12-22-17(18-15)9-10-21-11-13-5-7-14(20-2)8-6-13/h3,5-8,12,16,19H,1,4,9-11H2,2H3/t16-/m0/s1. The molecule has 0 saturated heterocycles. The van der Waals surface area contributed by atoms with Crippen LogP contribution in [0.1, 0.15) is 29.7 Å². The minimum Gasteiger partial charge on any atom is -0.497 e. The van der Waals surface area contributed by atoms with Crippen molar-refractivity contribution in [3.05, 3.63) is 60.3 Å². The number of nitrogens with zero attached hydrogens (tertiary/aromatic N) is 1. The zero-order valence-electron chi connectivity index (χ0n) is 12.7. The van der Waals surface area contributed by atoms with Gasteiger partial charge in [-0.1, -0.05) is 18.2 Å². The second kappa shape index (κ2) is 8.36. The normalized spacial score (nSPS) is 12.1. The van der Waals surface area contributed by atoms with Crippen molar-refractivity contribution in [3.8, 4) is 5.75 Å². The third-order valence-corrected chi connectivity index (χ3v) is 3.19. The highest BCUT2D eigenvalue weighted by Gasteiger charge is 2.11. The molecule has 0 fully saturated rings. The second-order valence-electron chi connectivity index (χ2n) is 4.86. The lowest BCUT2D eigenvalue weighted by molar-refractivity contribution is 0.119. The number of aromatic nitrogens is 1. The van der Waals surface area contributed by atoms with Gasteiger partial charge in [0.2, 0.25) is 0 Å². The molecule has 0 aliphatic rings. The Morgan fingerprint density at radius 3 is 2.82 bits per heavy atom. The van der Waals surface area contributed by atoms with Crippen molar-refractivity contribution in [1.82, 2.24) is 4.98 Å². The lowest BCUT2D eigenvalue weighted by Gasteiger charge is -2.04. The van der Waals surface area contributed by atoms with E-state index in [1.54, 1.807) is 13.2 Å². The molecule has 0 radical (unpaired) electrons. The summed E-state index contributed by atoms with van der Waals surface area (Å²) < 4.78 is 16.0. The van der Waals surface area contributed by atoms with Gasteiger partial charge >= 0.3 is 0 Å². The number of rotatable bonds is 9. The van der Waals surface area contributed by atoms with Crippen LogP contribution in [0, 0.1) is 0 Å². The number of hydrogen-bond donors (Lipinski definition) is 1. The first-order valence-corrected chi connectivity index (χ1v) is 7.17. The maximum Gasteiger partial charge on any atom is 0.196 e. The summed E-state index contributed by atoms with van der Waals surface area (Å²) in [5.41, 5.74) is 1.61. The molecule has 1 atom stereocenters. The van der Waals surface area contributed by atoms with Crippen LogP contribution in [0.4, 0.5) is 0 Å². The minimum atomic E-state index is -0.657. The summed E-state index contributed by atoms with van der Waals surface area (Å²) >= 11 is 0. The van der Waals surface area contributed by atoms with E-state index in [-0.39, 0.29) is 0 Å². The molecule has 0 aliphatic carbocycles. The average Bonchev–Trinajstić information content (AvgIpc) is 3.01. The molecule has 1 N–H and O–H groups in total. The Bertz CT molecular complexity index is 577. The van der Waals surface area contributed by atoms with Crippen molar-refractivity contribution in [2.45, 2.75) is 25.6 Å². The van der Waals surface area contributed by atoms with Crippen molar-refractivity contribution < 1.29 is 19.0 Å². The minimum absolute atomic E-state index is 0.458. The molecule has 5 heteroatoms. The van der Waals surface area contributed by atoms with Crippen LogP contribution >= 0.6 is 0 Å². The van der Waals surface area contributed by atoms with E-state index in [0.717, 1.165) is 11.3 Å². The van der Waals surface area contributed by atoms with Crippen molar-refractivity contribution >= 4 is 0 Å². The molecule has 5 nitrogen and oxygen atoms in total. The van der Waals surface area contributed by atoms with Crippen LogP contribution in [0.5, 0.6) is 5.75 Å². The number of methoxy groups -OCH3 is 1. The number of benzene rings is 1. The van der Waals surface area contributed by atoms with Gasteiger partial charge in [0.25, 0.3) is 0 Å². The topological polar surface area (TPSA) is 64.7 Å². The maximum atomic E-state index is 9.76. The number of hydrogen-bond acceptors (Lipinski definition) is 5. The van der Waals surface area contributed by atoms with Gasteiger partial charge in [0.05, 0.1) is 20.3 Å². The fourth-order valence-electron chi connectivity index (χ4n) is 1.94. The van der Waals surface area contributed by atoms with Gasteiger partial charge in [-0.3, -0.25) is 0 Å². The summed E-state index contributed by atoms with van der Waals surface area (Å²) in [5, 5.41) is 9.76. The Morgan fingerprint density at radius 1 is 1.36 bits per heavy atom. The third-order valence-electron chi connectivity index (χ3n) is 3.19. The second-order valence-corrected chi connectivity index (χ2v) is 4.86. The van der Waals surface area contributed by atoms with E-state index in [9.17, 15) is 5.11 Å². The van der Waals surface area contributed by atoms with Crippen LogP contribution in [-0.2, 0) is 17.8 Å². The van der Waals surface area contributed by atoms with E-state index in [1.165, 1.54) is 6.26 Å². The smallest absolute Gasteiger partial charge is 0.196 e. The molecular formula is C17H21NO4. The fraction of sp³-hybridized carbons (Fsp3) is 0.353. The summed E-state index contributed by atoms with van der Waals surface area (Å²) in [6.07, 6.45) is 3.50. The van der Waals surface area contributed by atoms with Crippen LogP contribution in [0.3, 0.4) is 0 Å². The number of aliphatic hydroxyl groups excluding tert-OH is 1.